The van der Waals surface area contributed by atoms with Gasteiger partial charge >= 0.3 is 0 Å². The zero-order valence-corrected chi connectivity index (χ0v) is 16.0. The second kappa shape index (κ2) is 7.40. The van der Waals surface area contributed by atoms with Crippen molar-refractivity contribution in [3.63, 3.8) is 0 Å². The number of benzene rings is 1. The van der Waals surface area contributed by atoms with Crippen LogP contribution in [0.3, 0.4) is 0 Å². The maximum absolute atomic E-state index is 12.3. The van der Waals surface area contributed by atoms with Crippen molar-refractivity contribution in [2.45, 2.75) is 26.3 Å². The van der Waals surface area contributed by atoms with Crippen LogP contribution in [0.25, 0.3) is 17.1 Å². The Hall–Kier alpha value is -3.26. The molecule has 1 aromatic carbocycles. The highest BCUT2D eigenvalue weighted by Crippen LogP contribution is 2.24. The van der Waals surface area contributed by atoms with E-state index < -0.39 is 0 Å². The van der Waals surface area contributed by atoms with E-state index in [0.717, 1.165) is 0 Å². The van der Waals surface area contributed by atoms with E-state index in [4.69, 9.17) is 16.1 Å². The minimum Gasteiger partial charge on any atom is -0.345 e. The number of nitrogens with zero attached hydrogens (tertiary/aromatic N) is 5. The van der Waals surface area contributed by atoms with E-state index in [2.05, 4.69) is 25.7 Å². The topological polar surface area (TPSA) is 98.2 Å². The first-order chi connectivity index (χ1) is 13.5. The van der Waals surface area contributed by atoms with E-state index in [1.54, 1.807) is 28.7 Å². The van der Waals surface area contributed by atoms with Gasteiger partial charge in [0.25, 0.3) is 11.8 Å². The van der Waals surface area contributed by atoms with Crippen LogP contribution in [0.15, 0.2) is 47.1 Å². The Bertz CT molecular complexity index is 1130. The van der Waals surface area contributed by atoms with E-state index in [0.29, 0.717) is 39.3 Å². The summed E-state index contributed by atoms with van der Waals surface area (Å²) < 4.78 is 7.16. The highest BCUT2D eigenvalue weighted by atomic mass is 35.5. The lowest BCUT2D eigenvalue weighted by molar-refractivity contribution is 0.0950. The highest BCUT2D eigenvalue weighted by molar-refractivity contribution is 6.30. The van der Waals surface area contributed by atoms with E-state index in [1.807, 2.05) is 32.2 Å². The number of carbonyl (C=O) groups is 1. The van der Waals surface area contributed by atoms with Gasteiger partial charge in [0.2, 0.25) is 0 Å². The number of nitrogens with one attached hydrogen (secondary N) is 1. The summed E-state index contributed by atoms with van der Waals surface area (Å²) in [5, 5.41) is 15.8. The van der Waals surface area contributed by atoms with Crippen molar-refractivity contribution < 1.29 is 9.32 Å². The predicted octanol–water partition coefficient (Wildman–Crippen LogP) is 3.49. The zero-order chi connectivity index (χ0) is 19.7. The maximum atomic E-state index is 12.3. The van der Waals surface area contributed by atoms with Gasteiger partial charge in [-0.1, -0.05) is 30.6 Å². The molecule has 0 unspecified atom stereocenters. The van der Waals surface area contributed by atoms with Gasteiger partial charge < -0.3 is 9.84 Å². The zero-order valence-electron chi connectivity index (χ0n) is 15.3. The summed E-state index contributed by atoms with van der Waals surface area (Å²) in [5.41, 5.74) is 1.79. The van der Waals surface area contributed by atoms with Gasteiger partial charge in [0.1, 0.15) is 0 Å². The third-order valence-corrected chi connectivity index (χ3v) is 4.46. The maximum Gasteiger partial charge on any atom is 0.261 e. The normalized spacial score (nSPS) is 11.3. The Morgan fingerprint density at radius 1 is 1.21 bits per heavy atom. The second-order valence-corrected chi connectivity index (χ2v) is 6.97. The van der Waals surface area contributed by atoms with Crippen molar-refractivity contribution in [1.82, 2.24) is 30.1 Å². The molecule has 0 aliphatic carbocycles. The summed E-state index contributed by atoms with van der Waals surface area (Å²) >= 11 is 5.85. The van der Waals surface area contributed by atoms with Gasteiger partial charge in [-0.25, -0.2) is 0 Å². The van der Waals surface area contributed by atoms with Gasteiger partial charge in [-0.2, -0.15) is 4.98 Å². The number of amides is 1. The largest absolute Gasteiger partial charge is 0.345 e. The fraction of sp³-hybridized carbons (Fsp3) is 0.211. The summed E-state index contributed by atoms with van der Waals surface area (Å²) in [7, 11) is 0. The van der Waals surface area contributed by atoms with E-state index in [1.165, 1.54) is 0 Å². The van der Waals surface area contributed by atoms with E-state index >= 15 is 0 Å². The van der Waals surface area contributed by atoms with Gasteiger partial charge in [-0.3, -0.25) is 9.20 Å². The standard InChI is InChI=1S/C19H17ClN6O2/c1-11(2)16-22-19(28-25-16)14-4-3-9-26-15(23-24-17(14)26)10-21-18(27)12-5-7-13(20)8-6-12/h3-9,11H,10H2,1-2H3,(H,21,27). The van der Waals surface area contributed by atoms with Gasteiger partial charge in [0.15, 0.2) is 17.3 Å². The van der Waals surface area contributed by atoms with Crippen LogP contribution in [-0.2, 0) is 6.54 Å². The van der Waals surface area contributed by atoms with Crippen LogP contribution in [0.1, 0.15) is 41.8 Å². The van der Waals surface area contributed by atoms with Crippen LogP contribution in [0, 0.1) is 0 Å². The van der Waals surface area contributed by atoms with Crippen LogP contribution in [-0.4, -0.2) is 30.6 Å². The molecular weight excluding hydrogens is 380 g/mol. The molecule has 0 radical (unpaired) electrons. The molecule has 0 bridgehead atoms. The molecule has 8 nitrogen and oxygen atoms in total. The third kappa shape index (κ3) is 3.46. The fourth-order valence-electron chi connectivity index (χ4n) is 2.69. The van der Waals surface area contributed by atoms with Crippen LogP contribution in [0.5, 0.6) is 0 Å². The number of hydrogen-bond acceptors (Lipinski definition) is 6. The first-order valence-corrected chi connectivity index (χ1v) is 9.11. The van der Waals surface area contributed by atoms with Crippen molar-refractivity contribution in [3.05, 3.63) is 64.8 Å². The van der Waals surface area contributed by atoms with E-state index in [9.17, 15) is 4.79 Å². The van der Waals surface area contributed by atoms with Gasteiger partial charge in [0.05, 0.1) is 12.1 Å². The molecule has 142 valence electrons. The lowest BCUT2D eigenvalue weighted by Gasteiger charge is -2.05. The van der Waals surface area contributed by atoms with Gasteiger partial charge in [0, 0.05) is 22.7 Å². The molecule has 1 N–H and O–H groups in total. The molecule has 4 aromatic rings. The molecule has 0 aliphatic rings. The highest BCUT2D eigenvalue weighted by Gasteiger charge is 2.17. The average molecular weight is 397 g/mol. The third-order valence-electron chi connectivity index (χ3n) is 4.21. The Labute approximate surface area is 165 Å². The summed E-state index contributed by atoms with van der Waals surface area (Å²) in [6, 6.07) is 10.4. The number of fused-ring (bicyclic) bond motifs is 1. The van der Waals surface area contributed by atoms with Crippen molar-refractivity contribution in [1.29, 1.82) is 0 Å². The van der Waals surface area contributed by atoms with Crippen molar-refractivity contribution in [2.75, 3.05) is 0 Å². The Kier molecular flexibility index (Phi) is 4.79. The van der Waals surface area contributed by atoms with Crippen LogP contribution < -0.4 is 5.32 Å². The first kappa shape index (κ1) is 18.1. The SMILES string of the molecule is CC(C)c1noc(-c2cccn3c(CNC(=O)c4ccc(Cl)cc4)nnc23)n1. The average Bonchev–Trinajstić information content (AvgIpc) is 3.34. The molecule has 0 saturated carbocycles. The van der Waals surface area contributed by atoms with Crippen LogP contribution in [0.4, 0.5) is 0 Å². The minimum absolute atomic E-state index is 0.161. The summed E-state index contributed by atoms with van der Waals surface area (Å²) in [6.07, 6.45) is 1.82. The molecule has 3 aromatic heterocycles. The molecule has 1 amide bonds. The van der Waals surface area contributed by atoms with Crippen molar-refractivity contribution >= 4 is 23.2 Å². The Morgan fingerprint density at radius 2 is 2.00 bits per heavy atom. The molecule has 9 heteroatoms. The number of pyridine rings is 1. The number of hydrogen-bond donors (Lipinski definition) is 1. The molecule has 3 heterocycles. The van der Waals surface area contributed by atoms with Crippen molar-refractivity contribution in [2.24, 2.45) is 0 Å². The first-order valence-electron chi connectivity index (χ1n) is 8.73. The molecule has 0 atom stereocenters. The molecule has 4 rings (SSSR count). The number of rotatable bonds is 5. The molecule has 0 spiro atoms. The lowest BCUT2D eigenvalue weighted by Crippen LogP contribution is -2.23. The fourth-order valence-corrected chi connectivity index (χ4v) is 2.82. The number of halogens is 1. The Morgan fingerprint density at radius 3 is 2.71 bits per heavy atom. The minimum atomic E-state index is -0.219. The quantitative estimate of drug-likeness (QED) is 0.554. The predicted molar refractivity (Wildman–Crippen MR) is 103 cm³/mol. The molecule has 0 fully saturated rings. The number of carbonyl (C=O) groups excluding carboxylic acids is 1. The molecule has 28 heavy (non-hydrogen) atoms. The molecular formula is C19H17ClN6O2. The summed E-state index contributed by atoms with van der Waals surface area (Å²) in [5.74, 6) is 1.55. The Balaban J connectivity index is 1.57. The van der Waals surface area contributed by atoms with Gasteiger partial charge in [-0.15, -0.1) is 10.2 Å². The van der Waals surface area contributed by atoms with Crippen LogP contribution in [0.2, 0.25) is 5.02 Å². The van der Waals surface area contributed by atoms with Crippen molar-refractivity contribution in [3.8, 4) is 11.5 Å². The number of aromatic nitrogens is 5. The van der Waals surface area contributed by atoms with E-state index in [-0.39, 0.29) is 18.4 Å². The summed E-state index contributed by atoms with van der Waals surface area (Å²) in [6.45, 7) is 4.20. The summed E-state index contributed by atoms with van der Waals surface area (Å²) in [4.78, 5) is 16.7. The van der Waals surface area contributed by atoms with Gasteiger partial charge in [-0.05, 0) is 36.4 Å². The van der Waals surface area contributed by atoms with Crippen LogP contribution >= 0.6 is 11.6 Å². The molecule has 0 saturated heterocycles. The lowest BCUT2D eigenvalue weighted by atomic mass is 10.2. The monoisotopic (exact) mass is 396 g/mol. The smallest absolute Gasteiger partial charge is 0.261 e. The second-order valence-electron chi connectivity index (χ2n) is 6.53. The molecule has 0 aliphatic heterocycles.